The van der Waals surface area contributed by atoms with Crippen LogP contribution in [0.15, 0.2) is 30.3 Å². The number of nitrogens with one attached hydrogen (secondary N) is 1. The molecule has 1 aliphatic rings. The number of carbonyl (C=O) groups is 2. The minimum atomic E-state index is -1.20. The van der Waals surface area contributed by atoms with Gasteiger partial charge in [0.25, 0.3) is 0 Å². The standard InChI is InChI=1S/C12H14N2O3/c15-10-8-11(16)14(12(17)13-10)7-6-9-4-2-1-3-5-9/h1-5,12,17H,6-8H2,(H,13,15). The SMILES string of the molecule is O=C1CC(=O)N(CCc2ccccc2)C(O)N1. The van der Waals surface area contributed by atoms with Gasteiger partial charge >= 0.3 is 0 Å². The monoisotopic (exact) mass is 234 g/mol. The van der Waals surface area contributed by atoms with Gasteiger partial charge in [-0.2, -0.15) is 0 Å². The fraction of sp³-hybridized carbons (Fsp3) is 0.333. The van der Waals surface area contributed by atoms with Crippen LogP contribution >= 0.6 is 0 Å². The molecule has 1 heterocycles. The Labute approximate surface area is 99.0 Å². The summed E-state index contributed by atoms with van der Waals surface area (Å²) < 4.78 is 0. The summed E-state index contributed by atoms with van der Waals surface area (Å²) in [5, 5.41) is 11.9. The Balaban J connectivity index is 1.94. The van der Waals surface area contributed by atoms with Crippen LogP contribution in [0.2, 0.25) is 0 Å². The molecule has 1 fully saturated rings. The van der Waals surface area contributed by atoms with Crippen LogP contribution in [0.1, 0.15) is 12.0 Å². The van der Waals surface area contributed by atoms with Crippen LogP contribution in [0.4, 0.5) is 0 Å². The fourth-order valence-corrected chi connectivity index (χ4v) is 1.79. The lowest BCUT2D eigenvalue weighted by molar-refractivity contribution is -0.156. The van der Waals surface area contributed by atoms with Crippen molar-refractivity contribution in [2.45, 2.75) is 19.2 Å². The van der Waals surface area contributed by atoms with E-state index in [-0.39, 0.29) is 12.3 Å². The second-order valence-electron chi connectivity index (χ2n) is 3.94. The highest BCUT2D eigenvalue weighted by molar-refractivity contribution is 5.99. The largest absolute Gasteiger partial charge is 0.356 e. The first-order valence-corrected chi connectivity index (χ1v) is 5.47. The molecule has 0 aliphatic carbocycles. The average molecular weight is 234 g/mol. The molecule has 1 unspecified atom stereocenters. The molecule has 90 valence electrons. The molecule has 2 N–H and O–H groups in total. The molecule has 0 spiro atoms. The summed E-state index contributed by atoms with van der Waals surface area (Å²) in [5.74, 6) is -0.768. The minimum Gasteiger partial charge on any atom is -0.356 e. The number of nitrogens with zero attached hydrogens (tertiary/aromatic N) is 1. The Morgan fingerprint density at radius 3 is 2.65 bits per heavy atom. The van der Waals surface area contributed by atoms with Crippen molar-refractivity contribution in [1.29, 1.82) is 0 Å². The molecule has 1 aromatic rings. The molecule has 1 aliphatic heterocycles. The first-order chi connectivity index (χ1) is 8.16. The number of carbonyl (C=O) groups excluding carboxylic acids is 2. The molecular formula is C12H14N2O3. The van der Waals surface area contributed by atoms with Crippen molar-refractivity contribution in [3.8, 4) is 0 Å². The van der Waals surface area contributed by atoms with Gasteiger partial charge in [-0.1, -0.05) is 30.3 Å². The van der Waals surface area contributed by atoms with Gasteiger partial charge in [0, 0.05) is 6.54 Å². The summed E-state index contributed by atoms with van der Waals surface area (Å²) in [7, 11) is 0. The Morgan fingerprint density at radius 2 is 2.00 bits per heavy atom. The summed E-state index contributed by atoms with van der Waals surface area (Å²) in [6.45, 7) is 0.393. The number of benzene rings is 1. The molecular weight excluding hydrogens is 220 g/mol. The number of amides is 2. The van der Waals surface area contributed by atoms with E-state index in [2.05, 4.69) is 5.32 Å². The summed E-state index contributed by atoms with van der Waals surface area (Å²) in [5.41, 5.74) is 1.09. The summed E-state index contributed by atoms with van der Waals surface area (Å²) in [6.07, 6.45) is -0.738. The minimum absolute atomic E-state index is 0.189. The first-order valence-electron chi connectivity index (χ1n) is 5.47. The second-order valence-corrected chi connectivity index (χ2v) is 3.94. The number of aliphatic hydroxyl groups excluding tert-OH is 1. The number of hydrogen-bond acceptors (Lipinski definition) is 3. The van der Waals surface area contributed by atoms with E-state index in [4.69, 9.17) is 0 Å². The quantitative estimate of drug-likeness (QED) is 0.715. The first kappa shape index (κ1) is 11.6. The average Bonchev–Trinajstić information content (AvgIpc) is 2.29. The van der Waals surface area contributed by atoms with Gasteiger partial charge in [-0.3, -0.25) is 14.5 Å². The summed E-state index contributed by atoms with van der Waals surface area (Å²) >= 11 is 0. The van der Waals surface area contributed by atoms with Gasteiger partial charge < -0.3 is 10.4 Å². The zero-order chi connectivity index (χ0) is 12.3. The Kier molecular flexibility index (Phi) is 3.39. The van der Waals surface area contributed by atoms with Crippen molar-refractivity contribution < 1.29 is 14.7 Å². The molecule has 1 aromatic carbocycles. The third-order valence-electron chi connectivity index (χ3n) is 2.70. The fourth-order valence-electron chi connectivity index (χ4n) is 1.79. The van der Waals surface area contributed by atoms with E-state index >= 15 is 0 Å². The van der Waals surface area contributed by atoms with Crippen LogP contribution in [0.5, 0.6) is 0 Å². The number of rotatable bonds is 3. The maximum absolute atomic E-state index is 11.5. The van der Waals surface area contributed by atoms with E-state index in [9.17, 15) is 14.7 Å². The highest BCUT2D eigenvalue weighted by Gasteiger charge is 2.29. The van der Waals surface area contributed by atoms with Crippen LogP contribution in [0, 0.1) is 0 Å². The molecule has 5 heteroatoms. The van der Waals surface area contributed by atoms with Crippen LogP contribution in [-0.4, -0.2) is 34.7 Å². The second kappa shape index (κ2) is 4.97. The summed E-state index contributed by atoms with van der Waals surface area (Å²) in [4.78, 5) is 23.8. The normalized spacial score (nSPS) is 20.3. The van der Waals surface area contributed by atoms with E-state index in [0.29, 0.717) is 13.0 Å². The Morgan fingerprint density at radius 1 is 1.29 bits per heavy atom. The molecule has 17 heavy (non-hydrogen) atoms. The Hall–Kier alpha value is -1.88. The maximum atomic E-state index is 11.5. The lowest BCUT2D eigenvalue weighted by atomic mass is 10.1. The molecule has 0 bridgehead atoms. The van der Waals surface area contributed by atoms with Gasteiger partial charge in [-0.15, -0.1) is 0 Å². The van der Waals surface area contributed by atoms with E-state index in [1.54, 1.807) is 0 Å². The van der Waals surface area contributed by atoms with Gasteiger partial charge in [-0.05, 0) is 12.0 Å². The lowest BCUT2D eigenvalue weighted by Gasteiger charge is -2.32. The maximum Gasteiger partial charge on any atom is 0.235 e. The molecule has 5 nitrogen and oxygen atoms in total. The van der Waals surface area contributed by atoms with Crippen molar-refractivity contribution in [3.05, 3.63) is 35.9 Å². The van der Waals surface area contributed by atoms with Gasteiger partial charge in [0.2, 0.25) is 18.2 Å². The zero-order valence-corrected chi connectivity index (χ0v) is 9.30. The lowest BCUT2D eigenvalue weighted by Crippen LogP contribution is -2.57. The number of aliphatic hydroxyl groups is 1. The van der Waals surface area contributed by atoms with Gasteiger partial charge in [0.1, 0.15) is 6.42 Å². The van der Waals surface area contributed by atoms with Crippen LogP contribution in [0.25, 0.3) is 0 Å². The van der Waals surface area contributed by atoms with Crippen LogP contribution in [-0.2, 0) is 16.0 Å². The highest BCUT2D eigenvalue weighted by Crippen LogP contribution is 2.08. The van der Waals surface area contributed by atoms with Crippen molar-refractivity contribution >= 4 is 11.8 Å². The number of hydrogen-bond donors (Lipinski definition) is 2. The van der Waals surface area contributed by atoms with Crippen molar-refractivity contribution in [2.75, 3.05) is 6.54 Å². The van der Waals surface area contributed by atoms with E-state index in [0.717, 1.165) is 5.56 Å². The third-order valence-corrected chi connectivity index (χ3v) is 2.70. The molecule has 2 rings (SSSR count). The Bertz CT molecular complexity index is 419. The topological polar surface area (TPSA) is 69.6 Å². The van der Waals surface area contributed by atoms with Gasteiger partial charge in [0.15, 0.2) is 0 Å². The van der Waals surface area contributed by atoms with Gasteiger partial charge in [-0.25, -0.2) is 0 Å². The smallest absolute Gasteiger partial charge is 0.235 e. The summed E-state index contributed by atoms with van der Waals surface area (Å²) in [6, 6.07) is 9.68. The van der Waals surface area contributed by atoms with Crippen molar-refractivity contribution in [1.82, 2.24) is 10.2 Å². The molecule has 1 saturated heterocycles. The molecule has 0 radical (unpaired) electrons. The van der Waals surface area contributed by atoms with Crippen molar-refractivity contribution in [3.63, 3.8) is 0 Å². The molecule has 0 aromatic heterocycles. The predicted molar refractivity (Wildman–Crippen MR) is 60.6 cm³/mol. The third kappa shape index (κ3) is 2.82. The highest BCUT2D eigenvalue weighted by atomic mass is 16.3. The van der Waals surface area contributed by atoms with Crippen LogP contribution in [0.3, 0.4) is 0 Å². The van der Waals surface area contributed by atoms with E-state index < -0.39 is 12.3 Å². The van der Waals surface area contributed by atoms with Crippen molar-refractivity contribution in [2.24, 2.45) is 0 Å². The zero-order valence-electron chi connectivity index (χ0n) is 9.30. The molecule has 0 saturated carbocycles. The van der Waals surface area contributed by atoms with Gasteiger partial charge in [0.05, 0.1) is 0 Å². The van der Waals surface area contributed by atoms with E-state index in [1.165, 1.54) is 4.90 Å². The molecule has 2 amide bonds. The molecule has 1 atom stereocenters. The predicted octanol–water partition coefficient (Wildman–Crippen LogP) is -0.146. The van der Waals surface area contributed by atoms with Crippen LogP contribution < -0.4 is 5.32 Å². The van der Waals surface area contributed by atoms with E-state index in [1.807, 2.05) is 30.3 Å².